The molecule has 1 aromatic heterocycles. The van der Waals surface area contributed by atoms with Crippen LogP contribution in [0.25, 0.3) is 11.3 Å². The monoisotopic (exact) mass is 357 g/mol. The van der Waals surface area contributed by atoms with Gasteiger partial charge in [-0.2, -0.15) is 0 Å². The molecule has 1 amide bonds. The Morgan fingerprint density at radius 1 is 1.38 bits per heavy atom. The number of aromatic nitrogens is 1. The van der Waals surface area contributed by atoms with Crippen molar-refractivity contribution in [2.24, 2.45) is 5.92 Å². The molecule has 2 aromatic rings. The van der Waals surface area contributed by atoms with Crippen LogP contribution in [0.15, 0.2) is 40.9 Å². The first-order valence-electron chi connectivity index (χ1n) is 8.38. The first kappa shape index (κ1) is 17.8. The minimum Gasteiger partial charge on any atom is -0.393 e. The van der Waals surface area contributed by atoms with Crippen molar-refractivity contribution < 1.29 is 24.6 Å². The van der Waals surface area contributed by atoms with Crippen LogP contribution in [0.4, 0.5) is 0 Å². The van der Waals surface area contributed by atoms with Gasteiger partial charge in [-0.25, -0.2) is 5.41 Å². The van der Waals surface area contributed by atoms with Crippen LogP contribution in [-0.2, 0) is 4.74 Å². The summed E-state index contributed by atoms with van der Waals surface area (Å²) in [4.78, 5) is 12.4. The molecule has 1 aliphatic carbocycles. The summed E-state index contributed by atoms with van der Waals surface area (Å²) in [7, 11) is 0. The van der Waals surface area contributed by atoms with Gasteiger partial charge in [-0.05, 0) is 19.3 Å². The lowest BCUT2D eigenvalue weighted by Gasteiger charge is -2.12. The molecule has 1 fully saturated rings. The van der Waals surface area contributed by atoms with E-state index in [-0.39, 0.29) is 35.4 Å². The Balaban J connectivity index is 1.55. The smallest absolute Gasteiger partial charge is 0.365 e. The lowest BCUT2D eigenvalue weighted by Crippen LogP contribution is -2.45. The van der Waals surface area contributed by atoms with Gasteiger partial charge in [-0.1, -0.05) is 35.5 Å². The lowest BCUT2D eigenvalue weighted by atomic mass is 10.1. The molecule has 2 atom stereocenters. The number of ether oxygens (including phenoxy) is 1. The van der Waals surface area contributed by atoms with Crippen molar-refractivity contribution in [2.45, 2.75) is 25.3 Å². The van der Waals surface area contributed by atoms with Gasteiger partial charge in [0.2, 0.25) is 0 Å². The Labute approximate surface area is 150 Å². The molecule has 1 saturated carbocycles. The summed E-state index contributed by atoms with van der Waals surface area (Å²) < 4.78 is 10.3. The molecule has 26 heavy (non-hydrogen) atoms. The van der Waals surface area contributed by atoms with E-state index >= 15 is 0 Å². The zero-order valence-electron chi connectivity index (χ0n) is 14.1. The number of nitrogens with one attached hydrogen (secondary N) is 2. The zero-order chi connectivity index (χ0) is 18.5. The highest BCUT2D eigenvalue weighted by atomic mass is 16.5. The van der Waals surface area contributed by atoms with Crippen LogP contribution >= 0.6 is 0 Å². The number of aliphatic hydroxyl groups excluding tert-OH is 1. The summed E-state index contributed by atoms with van der Waals surface area (Å²) in [5, 5.41) is 28.9. The second-order valence-corrected chi connectivity index (χ2v) is 6.21. The summed E-state index contributed by atoms with van der Waals surface area (Å²) in [5.41, 5.74) is 1.07. The van der Waals surface area contributed by atoms with E-state index in [0.717, 1.165) is 12.0 Å². The quantitative estimate of drug-likeness (QED) is 0.453. The summed E-state index contributed by atoms with van der Waals surface area (Å²) >= 11 is 0. The van der Waals surface area contributed by atoms with Crippen LogP contribution in [0.3, 0.4) is 0 Å². The molecular weight excluding hydrogens is 336 g/mol. The third kappa shape index (κ3) is 4.15. The molecule has 2 unspecified atom stereocenters. The summed E-state index contributed by atoms with van der Waals surface area (Å²) in [6.45, 7) is -0.425. The Bertz CT molecular complexity index is 803. The van der Waals surface area contributed by atoms with E-state index in [1.807, 2.05) is 30.3 Å². The standard InChI is InChI=1S/C18H20N4O4/c19-16(10-23)25-17(20)12-6-7-13(8-12)21-18(24)14-9-15(26-22-14)11-4-2-1-3-5-11/h1-5,9,12-13,19-20,23H,6-8,10H2,(H,21,24)/p+1. The minimum atomic E-state index is -0.425. The highest BCUT2D eigenvalue weighted by molar-refractivity contribution is 5.93. The largest absolute Gasteiger partial charge is 0.393 e. The number of amides is 1. The topological polar surface area (TPSA) is 134 Å². The second kappa shape index (κ2) is 7.92. The third-order valence-corrected chi connectivity index (χ3v) is 4.34. The van der Waals surface area contributed by atoms with Crippen LogP contribution in [-0.4, -0.2) is 40.6 Å². The SMILES string of the molecule is N=C(OC(=[NH2+])CO)C1CCC(NC(=O)c2cc(-c3ccccc3)on2)C1. The van der Waals surface area contributed by atoms with Gasteiger partial charge in [0.25, 0.3) is 5.91 Å². The van der Waals surface area contributed by atoms with E-state index < -0.39 is 6.61 Å². The molecule has 0 radical (unpaired) electrons. The van der Waals surface area contributed by atoms with Gasteiger partial charge in [0.15, 0.2) is 24.0 Å². The molecule has 136 valence electrons. The predicted molar refractivity (Wildman–Crippen MR) is 93.4 cm³/mol. The van der Waals surface area contributed by atoms with E-state index in [1.165, 1.54) is 0 Å². The second-order valence-electron chi connectivity index (χ2n) is 6.21. The average molecular weight is 357 g/mol. The van der Waals surface area contributed by atoms with E-state index in [0.29, 0.717) is 18.6 Å². The molecule has 0 bridgehead atoms. The molecule has 1 aliphatic rings. The van der Waals surface area contributed by atoms with Crippen LogP contribution in [0.5, 0.6) is 0 Å². The van der Waals surface area contributed by atoms with Crippen LogP contribution in [0.1, 0.15) is 29.8 Å². The number of carbonyl (C=O) groups excluding carboxylic acids is 1. The van der Waals surface area contributed by atoms with Crippen LogP contribution in [0.2, 0.25) is 0 Å². The predicted octanol–water partition coefficient (Wildman–Crippen LogP) is 0.384. The summed E-state index contributed by atoms with van der Waals surface area (Å²) in [6, 6.07) is 11.0. The minimum absolute atomic E-state index is 0.0149. The summed E-state index contributed by atoms with van der Waals surface area (Å²) in [5.74, 6) is 0.00270. The molecule has 1 aromatic carbocycles. The maximum absolute atomic E-state index is 12.4. The average Bonchev–Trinajstić information content (AvgIpc) is 3.32. The van der Waals surface area contributed by atoms with Crippen molar-refractivity contribution in [3.05, 3.63) is 42.1 Å². The van der Waals surface area contributed by atoms with E-state index in [4.69, 9.17) is 25.2 Å². The molecular formula is C18H21N4O4+. The van der Waals surface area contributed by atoms with E-state index in [2.05, 4.69) is 10.5 Å². The van der Waals surface area contributed by atoms with Crippen molar-refractivity contribution in [1.29, 1.82) is 5.41 Å². The Kier molecular flexibility index (Phi) is 5.43. The maximum atomic E-state index is 12.4. The van der Waals surface area contributed by atoms with Gasteiger partial charge < -0.3 is 19.7 Å². The normalized spacial score (nSPS) is 19.1. The molecule has 0 saturated heterocycles. The Hall–Kier alpha value is -3.00. The number of nitrogens with zero attached hydrogens (tertiary/aromatic N) is 1. The molecule has 8 heteroatoms. The van der Waals surface area contributed by atoms with Gasteiger partial charge in [0.05, 0.1) is 0 Å². The first-order valence-corrected chi connectivity index (χ1v) is 8.38. The van der Waals surface area contributed by atoms with E-state index in [1.54, 1.807) is 6.07 Å². The molecule has 3 rings (SSSR count). The molecule has 5 N–H and O–H groups in total. The van der Waals surface area contributed by atoms with Gasteiger partial charge in [0, 0.05) is 23.6 Å². The van der Waals surface area contributed by atoms with Crippen LogP contribution in [0, 0.1) is 11.3 Å². The molecule has 0 aliphatic heterocycles. The van der Waals surface area contributed by atoms with Crippen molar-refractivity contribution in [3.8, 4) is 11.3 Å². The van der Waals surface area contributed by atoms with Gasteiger partial charge in [-0.15, -0.1) is 0 Å². The molecule has 0 spiro atoms. The van der Waals surface area contributed by atoms with Gasteiger partial charge in [-0.3, -0.25) is 10.2 Å². The summed E-state index contributed by atoms with van der Waals surface area (Å²) in [6.07, 6.45) is 2.01. The highest BCUT2D eigenvalue weighted by Gasteiger charge is 2.31. The first-order chi connectivity index (χ1) is 12.6. The molecule has 8 nitrogen and oxygen atoms in total. The number of hydrogen-bond acceptors (Lipinski definition) is 6. The fourth-order valence-electron chi connectivity index (χ4n) is 2.99. The number of aliphatic hydroxyl groups is 1. The Morgan fingerprint density at radius 2 is 2.15 bits per heavy atom. The maximum Gasteiger partial charge on any atom is 0.365 e. The Morgan fingerprint density at radius 3 is 2.88 bits per heavy atom. The van der Waals surface area contributed by atoms with Crippen molar-refractivity contribution in [2.75, 3.05) is 6.61 Å². The van der Waals surface area contributed by atoms with Crippen molar-refractivity contribution >= 4 is 17.7 Å². The number of nitrogens with two attached hydrogens (primary N) is 1. The lowest BCUT2D eigenvalue weighted by molar-refractivity contribution is -0.139. The number of rotatable bonds is 5. The highest BCUT2D eigenvalue weighted by Crippen LogP contribution is 2.27. The molecule has 1 heterocycles. The van der Waals surface area contributed by atoms with E-state index in [9.17, 15) is 4.79 Å². The zero-order valence-corrected chi connectivity index (χ0v) is 14.1. The van der Waals surface area contributed by atoms with Crippen LogP contribution < -0.4 is 10.7 Å². The van der Waals surface area contributed by atoms with Crippen molar-refractivity contribution in [3.63, 3.8) is 0 Å². The third-order valence-electron chi connectivity index (χ3n) is 4.34. The van der Waals surface area contributed by atoms with Crippen molar-refractivity contribution in [1.82, 2.24) is 10.5 Å². The van der Waals surface area contributed by atoms with Gasteiger partial charge >= 0.3 is 5.90 Å². The fourth-order valence-corrected chi connectivity index (χ4v) is 2.99. The van der Waals surface area contributed by atoms with Gasteiger partial charge in [0.1, 0.15) is 0 Å². The number of benzene rings is 1. The number of hydrogen-bond donors (Lipinski definition) is 4. The fraction of sp³-hybridized carbons (Fsp3) is 0.333. The number of carbonyl (C=O) groups is 1.